The van der Waals surface area contributed by atoms with Gasteiger partial charge in [0, 0.05) is 23.8 Å². The van der Waals surface area contributed by atoms with E-state index in [1.807, 2.05) is 6.07 Å². The molecule has 1 aromatic heterocycles. The number of likely N-dealkylation sites (tertiary alicyclic amines) is 1. The van der Waals surface area contributed by atoms with Gasteiger partial charge in [0.2, 0.25) is 0 Å². The summed E-state index contributed by atoms with van der Waals surface area (Å²) in [6, 6.07) is 7.67. The fourth-order valence-corrected chi connectivity index (χ4v) is 2.62. The molecule has 90 valence electrons. The maximum absolute atomic E-state index is 9.43. The molecule has 0 spiro atoms. The number of hydrogen-bond donors (Lipinski definition) is 2. The molecule has 3 nitrogen and oxygen atoms in total. The Balaban J connectivity index is 1.80. The zero-order valence-corrected chi connectivity index (χ0v) is 9.95. The lowest BCUT2D eigenvalue weighted by Crippen LogP contribution is -2.29. The van der Waals surface area contributed by atoms with E-state index in [4.69, 9.17) is 0 Å². The van der Waals surface area contributed by atoms with E-state index in [9.17, 15) is 5.11 Å². The van der Waals surface area contributed by atoms with Gasteiger partial charge in [0.15, 0.2) is 0 Å². The third kappa shape index (κ3) is 2.29. The number of rotatable bonds is 2. The number of phenolic OH excluding ortho intramolecular Hbond substituents is 1. The second-order valence-corrected chi connectivity index (χ2v) is 4.90. The topological polar surface area (TPSA) is 39.3 Å². The van der Waals surface area contributed by atoms with Crippen molar-refractivity contribution in [2.75, 3.05) is 13.1 Å². The molecule has 0 aliphatic carbocycles. The number of phenols is 1. The number of aromatic nitrogens is 1. The van der Waals surface area contributed by atoms with Crippen molar-refractivity contribution < 1.29 is 5.11 Å². The zero-order valence-electron chi connectivity index (χ0n) is 9.95. The van der Waals surface area contributed by atoms with Gasteiger partial charge in [0.25, 0.3) is 0 Å². The Morgan fingerprint density at radius 2 is 1.94 bits per heavy atom. The Labute approximate surface area is 101 Å². The molecule has 1 fully saturated rings. The van der Waals surface area contributed by atoms with Crippen LogP contribution in [0.3, 0.4) is 0 Å². The van der Waals surface area contributed by atoms with E-state index in [2.05, 4.69) is 16.0 Å². The van der Waals surface area contributed by atoms with E-state index in [1.54, 1.807) is 12.1 Å². The minimum atomic E-state index is 0.323. The van der Waals surface area contributed by atoms with Crippen molar-refractivity contribution >= 4 is 10.9 Å². The molecular formula is C14H18N2O. The highest BCUT2D eigenvalue weighted by molar-refractivity contribution is 5.81. The van der Waals surface area contributed by atoms with Crippen LogP contribution >= 0.6 is 0 Å². The van der Waals surface area contributed by atoms with Crippen LogP contribution in [0.1, 0.15) is 25.0 Å². The van der Waals surface area contributed by atoms with Crippen molar-refractivity contribution in [1.82, 2.24) is 9.88 Å². The molecule has 17 heavy (non-hydrogen) atoms. The van der Waals surface area contributed by atoms with Crippen LogP contribution in [-0.2, 0) is 6.54 Å². The van der Waals surface area contributed by atoms with E-state index in [0.29, 0.717) is 5.75 Å². The number of piperidine rings is 1. The first-order valence-corrected chi connectivity index (χ1v) is 6.34. The highest BCUT2D eigenvalue weighted by Crippen LogP contribution is 2.21. The SMILES string of the molecule is Oc1ccc2cc(CN3CCCCC3)[nH]c2c1. The largest absolute Gasteiger partial charge is 0.508 e. The summed E-state index contributed by atoms with van der Waals surface area (Å²) in [5.74, 6) is 0.323. The van der Waals surface area contributed by atoms with Crippen molar-refractivity contribution in [3.8, 4) is 5.75 Å². The van der Waals surface area contributed by atoms with E-state index < -0.39 is 0 Å². The molecule has 2 heterocycles. The van der Waals surface area contributed by atoms with Gasteiger partial charge in [-0.05, 0) is 49.5 Å². The Morgan fingerprint density at radius 1 is 1.12 bits per heavy atom. The van der Waals surface area contributed by atoms with E-state index in [-0.39, 0.29) is 0 Å². The summed E-state index contributed by atoms with van der Waals surface area (Å²) >= 11 is 0. The number of aromatic amines is 1. The summed E-state index contributed by atoms with van der Waals surface area (Å²) in [5, 5.41) is 10.6. The van der Waals surface area contributed by atoms with Gasteiger partial charge in [-0.15, -0.1) is 0 Å². The van der Waals surface area contributed by atoms with Crippen LogP contribution in [0.2, 0.25) is 0 Å². The third-order valence-electron chi connectivity index (χ3n) is 3.50. The minimum Gasteiger partial charge on any atom is -0.508 e. The summed E-state index contributed by atoms with van der Waals surface area (Å²) in [6.07, 6.45) is 4.01. The highest BCUT2D eigenvalue weighted by Gasteiger charge is 2.11. The normalized spacial score (nSPS) is 17.6. The molecule has 3 rings (SSSR count). The second kappa shape index (κ2) is 4.41. The molecular weight excluding hydrogens is 212 g/mol. The van der Waals surface area contributed by atoms with Gasteiger partial charge in [-0.1, -0.05) is 6.42 Å². The van der Waals surface area contributed by atoms with Gasteiger partial charge >= 0.3 is 0 Å². The quantitative estimate of drug-likeness (QED) is 0.832. The monoisotopic (exact) mass is 230 g/mol. The Kier molecular flexibility index (Phi) is 2.77. The van der Waals surface area contributed by atoms with E-state index in [1.165, 1.54) is 43.4 Å². The first kappa shape index (κ1) is 10.7. The molecule has 1 aromatic carbocycles. The van der Waals surface area contributed by atoms with Crippen molar-refractivity contribution in [1.29, 1.82) is 0 Å². The van der Waals surface area contributed by atoms with Gasteiger partial charge in [-0.25, -0.2) is 0 Å². The fourth-order valence-electron chi connectivity index (χ4n) is 2.62. The maximum atomic E-state index is 9.43. The first-order valence-electron chi connectivity index (χ1n) is 6.34. The van der Waals surface area contributed by atoms with Crippen LogP contribution in [0.4, 0.5) is 0 Å². The van der Waals surface area contributed by atoms with Gasteiger partial charge in [0.05, 0.1) is 0 Å². The molecule has 1 aliphatic heterocycles. The van der Waals surface area contributed by atoms with Crippen LogP contribution in [0.25, 0.3) is 10.9 Å². The molecule has 1 aliphatic rings. The summed E-state index contributed by atoms with van der Waals surface area (Å²) in [7, 11) is 0. The Bertz CT molecular complexity index is 512. The number of aromatic hydroxyl groups is 1. The van der Waals surface area contributed by atoms with Gasteiger partial charge < -0.3 is 10.1 Å². The number of nitrogens with zero attached hydrogens (tertiary/aromatic N) is 1. The lowest BCUT2D eigenvalue weighted by atomic mass is 10.1. The summed E-state index contributed by atoms with van der Waals surface area (Å²) < 4.78 is 0. The standard InChI is InChI=1S/C14H18N2O/c17-13-5-4-11-8-12(15-14(11)9-13)10-16-6-2-1-3-7-16/h4-5,8-9,15,17H,1-3,6-7,10H2. The van der Waals surface area contributed by atoms with Gasteiger partial charge in [0.1, 0.15) is 5.75 Å². The lowest BCUT2D eigenvalue weighted by molar-refractivity contribution is 0.219. The molecule has 0 radical (unpaired) electrons. The fraction of sp³-hybridized carbons (Fsp3) is 0.429. The molecule has 2 N–H and O–H groups in total. The lowest BCUT2D eigenvalue weighted by Gasteiger charge is -2.25. The number of hydrogen-bond acceptors (Lipinski definition) is 2. The number of fused-ring (bicyclic) bond motifs is 1. The number of nitrogens with one attached hydrogen (secondary N) is 1. The molecule has 0 saturated carbocycles. The van der Waals surface area contributed by atoms with Crippen molar-refractivity contribution in [3.05, 3.63) is 30.0 Å². The second-order valence-electron chi connectivity index (χ2n) is 4.90. The molecule has 0 unspecified atom stereocenters. The number of benzene rings is 1. The molecule has 0 amide bonds. The summed E-state index contributed by atoms with van der Waals surface area (Å²) in [6.45, 7) is 3.41. The third-order valence-corrected chi connectivity index (χ3v) is 3.50. The number of H-pyrrole nitrogens is 1. The minimum absolute atomic E-state index is 0.323. The molecule has 3 heteroatoms. The van der Waals surface area contributed by atoms with Crippen LogP contribution in [0.15, 0.2) is 24.3 Å². The van der Waals surface area contributed by atoms with Crippen molar-refractivity contribution in [3.63, 3.8) is 0 Å². The van der Waals surface area contributed by atoms with Crippen LogP contribution in [0.5, 0.6) is 5.75 Å². The van der Waals surface area contributed by atoms with E-state index >= 15 is 0 Å². The van der Waals surface area contributed by atoms with Crippen LogP contribution < -0.4 is 0 Å². The van der Waals surface area contributed by atoms with Crippen LogP contribution in [-0.4, -0.2) is 28.1 Å². The first-order chi connectivity index (χ1) is 8.31. The summed E-state index contributed by atoms with van der Waals surface area (Å²) in [4.78, 5) is 5.88. The smallest absolute Gasteiger partial charge is 0.117 e. The molecule has 2 aromatic rings. The summed E-state index contributed by atoms with van der Waals surface area (Å²) in [5.41, 5.74) is 2.27. The predicted octanol–water partition coefficient (Wildman–Crippen LogP) is 2.86. The Hall–Kier alpha value is -1.48. The Morgan fingerprint density at radius 3 is 2.76 bits per heavy atom. The van der Waals surface area contributed by atoms with Gasteiger partial charge in [-0.3, -0.25) is 4.90 Å². The predicted molar refractivity (Wildman–Crippen MR) is 69.1 cm³/mol. The van der Waals surface area contributed by atoms with E-state index in [0.717, 1.165) is 12.1 Å². The molecule has 0 atom stereocenters. The average molecular weight is 230 g/mol. The van der Waals surface area contributed by atoms with Crippen molar-refractivity contribution in [2.24, 2.45) is 0 Å². The highest BCUT2D eigenvalue weighted by atomic mass is 16.3. The van der Waals surface area contributed by atoms with Crippen LogP contribution in [0, 0.1) is 0 Å². The zero-order chi connectivity index (χ0) is 11.7. The average Bonchev–Trinajstić information content (AvgIpc) is 2.71. The van der Waals surface area contributed by atoms with Crippen molar-refractivity contribution in [2.45, 2.75) is 25.8 Å². The molecule has 0 bridgehead atoms. The molecule has 1 saturated heterocycles. The maximum Gasteiger partial charge on any atom is 0.117 e. The van der Waals surface area contributed by atoms with Gasteiger partial charge in [-0.2, -0.15) is 0 Å².